The number of hydrogen-bond acceptors (Lipinski definition) is 7. The van der Waals surface area contributed by atoms with Crippen molar-refractivity contribution in [1.29, 1.82) is 0 Å². The fourth-order valence-corrected chi connectivity index (χ4v) is 1.60. The van der Waals surface area contributed by atoms with Gasteiger partial charge in [0.05, 0.1) is 9.85 Å². The van der Waals surface area contributed by atoms with Gasteiger partial charge in [-0.25, -0.2) is 4.79 Å². The van der Waals surface area contributed by atoms with Crippen LogP contribution in [0, 0.1) is 27.2 Å². The van der Waals surface area contributed by atoms with E-state index in [0.29, 0.717) is 6.07 Å². The van der Waals surface area contributed by atoms with Gasteiger partial charge in [-0.15, -0.1) is 0 Å². The summed E-state index contributed by atoms with van der Waals surface area (Å²) in [7, 11) is 0. The molecule has 0 amide bonds. The first-order chi connectivity index (χ1) is 12.0. The van der Waals surface area contributed by atoms with Crippen molar-refractivity contribution in [2.24, 2.45) is 0 Å². The highest BCUT2D eigenvalue weighted by atomic mass is 19.4. The Hall–Kier alpha value is -3.20. The molecule has 0 aromatic heterocycles. The average molecular weight is 410 g/mol. The molecule has 0 saturated heterocycles. The van der Waals surface area contributed by atoms with E-state index >= 15 is 0 Å². The predicted molar refractivity (Wildman–Crippen MR) is 67.5 cm³/mol. The third kappa shape index (κ3) is 4.14. The monoisotopic (exact) mass is 410 g/mol. The molecule has 0 aliphatic rings. The van der Waals surface area contributed by atoms with Crippen molar-refractivity contribution in [1.82, 2.24) is 0 Å². The van der Waals surface area contributed by atoms with E-state index in [0.717, 1.165) is 13.0 Å². The lowest BCUT2D eigenvalue weighted by atomic mass is 10.1. The topological polar surface area (TPSA) is 122 Å². The third-order valence-corrected chi connectivity index (χ3v) is 2.81. The Balaban J connectivity index is 3.24. The molecule has 0 radical (unpaired) electrons. The van der Waals surface area contributed by atoms with Gasteiger partial charge in [0.1, 0.15) is 0 Å². The van der Waals surface area contributed by atoms with Gasteiger partial charge in [-0.3, -0.25) is 20.2 Å². The van der Waals surface area contributed by atoms with Gasteiger partial charge in [-0.2, -0.15) is 30.7 Å². The molecule has 1 aromatic carbocycles. The van der Waals surface area contributed by atoms with Crippen LogP contribution in [0.5, 0.6) is 5.75 Å². The van der Waals surface area contributed by atoms with Gasteiger partial charge in [-0.1, -0.05) is 0 Å². The minimum absolute atomic E-state index is 0.332. The number of nitrogens with zero attached hydrogens (tertiary/aromatic N) is 2. The number of nitro benzene ring substituents is 2. The smallest absolute Gasteiger partial charge is 0.387 e. The van der Waals surface area contributed by atoms with Crippen molar-refractivity contribution < 1.29 is 54.8 Å². The lowest BCUT2D eigenvalue weighted by Gasteiger charge is -2.26. The lowest BCUT2D eigenvalue weighted by molar-refractivity contribution is -0.423. The van der Waals surface area contributed by atoms with Crippen LogP contribution in [-0.2, 0) is 4.74 Å². The number of nitro groups is 2. The molecule has 0 spiro atoms. The van der Waals surface area contributed by atoms with Gasteiger partial charge in [0, 0.05) is 5.56 Å². The van der Waals surface area contributed by atoms with Crippen LogP contribution in [-0.4, -0.2) is 34.2 Å². The zero-order valence-electron chi connectivity index (χ0n) is 12.6. The number of benzene rings is 1. The summed E-state index contributed by atoms with van der Waals surface area (Å²) in [5, 5.41) is 21.7. The van der Waals surface area contributed by atoms with Crippen LogP contribution < -0.4 is 4.74 Å². The summed E-state index contributed by atoms with van der Waals surface area (Å²) in [6.45, 7) is 1.02. The number of rotatable bonds is 5. The molecular formula is C11H5F7N2O7. The van der Waals surface area contributed by atoms with E-state index in [2.05, 4.69) is 9.47 Å². The Bertz CT molecular complexity index is 794. The zero-order chi connectivity index (χ0) is 21.4. The summed E-state index contributed by atoms with van der Waals surface area (Å²) < 4.78 is 93.4. The average Bonchev–Trinajstić information content (AvgIpc) is 2.45. The maximum atomic E-state index is 12.9. The van der Waals surface area contributed by atoms with E-state index in [1.807, 2.05) is 0 Å². The summed E-state index contributed by atoms with van der Waals surface area (Å²) in [5.41, 5.74) is -3.11. The van der Waals surface area contributed by atoms with Crippen LogP contribution in [0.25, 0.3) is 0 Å². The summed E-state index contributed by atoms with van der Waals surface area (Å²) in [4.78, 5) is 30.1. The number of carbonyl (C=O) groups is 1. The molecule has 16 heteroatoms. The number of carbonyl (C=O) groups excluding carboxylic acids is 1. The van der Waals surface area contributed by atoms with E-state index in [4.69, 9.17) is 0 Å². The van der Waals surface area contributed by atoms with Crippen LogP contribution in [0.4, 0.5) is 46.9 Å². The highest BCUT2D eigenvalue weighted by Gasteiger charge is 2.76. The molecule has 0 aliphatic carbocycles. The SMILES string of the molecule is Cc1ccc(OC(=O)OC(F)(F)C(F)(F)C(F)(F)F)c([N+](=O)[O-])c1[N+](=O)[O-]. The van der Waals surface area contributed by atoms with Crippen LogP contribution in [0.1, 0.15) is 5.56 Å². The van der Waals surface area contributed by atoms with Gasteiger partial charge in [0.25, 0.3) is 0 Å². The predicted octanol–water partition coefficient (Wildman–Crippen LogP) is 4.12. The van der Waals surface area contributed by atoms with Gasteiger partial charge in [0.2, 0.25) is 5.75 Å². The molecule has 0 aliphatic heterocycles. The maximum absolute atomic E-state index is 12.9. The molecule has 0 unspecified atom stereocenters. The molecule has 1 aromatic rings. The van der Waals surface area contributed by atoms with Gasteiger partial charge in [-0.05, 0) is 19.1 Å². The number of aryl methyl sites for hydroxylation is 1. The molecule has 9 nitrogen and oxygen atoms in total. The normalized spacial score (nSPS) is 12.4. The first kappa shape index (κ1) is 21.8. The fourth-order valence-electron chi connectivity index (χ4n) is 1.60. The van der Waals surface area contributed by atoms with E-state index in [1.54, 1.807) is 0 Å². The molecule has 0 N–H and O–H groups in total. The maximum Gasteiger partial charge on any atom is 0.518 e. The van der Waals surface area contributed by atoms with Crippen molar-refractivity contribution in [3.63, 3.8) is 0 Å². The lowest BCUT2D eigenvalue weighted by Crippen LogP contribution is -2.54. The van der Waals surface area contributed by atoms with E-state index in [-0.39, 0.29) is 5.56 Å². The molecule has 150 valence electrons. The van der Waals surface area contributed by atoms with Gasteiger partial charge in [0.15, 0.2) is 0 Å². The molecule has 0 fully saturated rings. The highest BCUT2D eigenvalue weighted by molar-refractivity contribution is 5.72. The second kappa shape index (κ2) is 6.84. The Kier molecular flexibility index (Phi) is 5.53. The summed E-state index contributed by atoms with van der Waals surface area (Å²) in [6, 6.07) is 1.25. The van der Waals surface area contributed by atoms with E-state index in [9.17, 15) is 55.8 Å². The summed E-state index contributed by atoms with van der Waals surface area (Å²) >= 11 is 0. The van der Waals surface area contributed by atoms with Crippen LogP contribution >= 0.6 is 0 Å². The molecule has 1 rings (SSSR count). The molecule has 0 atom stereocenters. The number of hydrogen-bond donors (Lipinski definition) is 0. The number of ether oxygens (including phenoxy) is 2. The standard InChI is InChI=1S/C11H5F7N2O7/c1-4-2-3-5(7(20(24)25)6(4)19(22)23)26-8(21)27-11(17,18)9(12,13)10(14,15)16/h2-3H,1H3. The number of halogens is 7. The van der Waals surface area contributed by atoms with Crippen molar-refractivity contribution in [2.75, 3.05) is 0 Å². The van der Waals surface area contributed by atoms with Crippen molar-refractivity contribution in [3.8, 4) is 5.75 Å². The Morgan fingerprint density at radius 2 is 1.44 bits per heavy atom. The number of alkyl halides is 7. The summed E-state index contributed by atoms with van der Waals surface area (Å²) in [6.07, 6.45) is -16.1. The molecule has 0 heterocycles. The first-order valence-corrected chi connectivity index (χ1v) is 6.18. The Morgan fingerprint density at radius 1 is 0.963 bits per heavy atom. The van der Waals surface area contributed by atoms with Gasteiger partial charge >= 0.3 is 35.7 Å². The minimum atomic E-state index is -6.82. The van der Waals surface area contributed by atoms with Crippen LogP contribution in [0.2, 0.25) is 0 Å². The van der Waals surface area contributed by atoms with Crippen molar-refractivity contribution in [3.05, 3.63) is 37.9 Å². The van der Waals surface area contributed by atoms with Crippen molar-refractivity contribution in [2.45, 2.75) is 25.1 Å². The third-order valence-electron chi connectivity index (χ3n) is 2.81. The summed E-state index contributed by atoms with van der Waals surface area (Å²) in [5.74, 6) is -8.21. The van der Waals surface area contributed by atoms with Crippen molar-refractivity contribution >= 4 is 17.5 Å². The molecule has 0 bridgehead atoms. The molecule has 27 heavy (non-hydrogen) atoms. The highest BCUT2D eigenvalue weighted by Crippen LogP contribution is 2.47. The zero-order valence-corrected chi connectivity index (χ0v) is 12.6. The second-order valence-corrected chi connectivity index (χ2v) is 4.64. The van der Waals surface area contributed by atoms with Crippen LogP contribution in [0.15, 0.2) is 12.1 Å². The minimum Gasteiger partial charge on any atom is -0.387 e. The largest absolute Gasteiger partial charge is 0.518 e. The molecule has 0 saturated carbocycles. The first-order valence-electron chi connectivity index (χ1n) is 6.18. The second-order valence-electron chi connectivity index (χ2n) is 4.64. The fraction of sp³-hybridized carbons (Fsp3) is 0.364. The molecular weight excluding hydrogens is 405 g/mol. The van der Waals surface area contributed by atoms with E-state index in [1.165, 1.54) is 0 Å². The Morgan fingerprint density at radius 3 is 1.85 bits per heavy atom. The van der Waals surface area contributed by atoms with Crippen LogP contribution in [0.3, 0.4) is 0 Å². The Labute approximate surface area is 142 Å². The van der Waals surface area contributed by atoms with Gasteiger partial charge < -0.3 is 9.47 Å². The van der Waals surface area contributed by atoms with E-state index < -0.39 is 51.3 Å². The quantitative estimate of drug-likeness (QED) is 0.235.